The molecule has 0 saturated carbocycles. The highest BCUT2D eigenvalue weighted by Crippen LogP contribution is 2.33. The molecule has 0 bridgehead atoms. The molecule has 1 aromatic carbocycles. The summed E-state index contributed by atoms with van der Waals surface area (Å²) in [7, 11) is -4.12. The Morgan fingerprint density at radius 2 is 2.14 bits per heavy atom. The van der Waals surface area contributed by atoms with Crippen molar-refractivity contribution >= 4 is 16.1 Å². The molecule has 0 spiro atoms. The van der Waals surface area contributed by atoms with Crippen LogP contribution in [0, 0.1) is 0 Å². The molecule has 0 unspecified atom stereocenters. The fraction of sp³-hybridized carbons (Fsp3) is 0.467. The molecule has 3 rings (SSSR count). The molecule has 0 radical (unpaired) electrons. The molecule has 158 valence electrons. The van der Waals surface area contributed by atoms with Gasteiger partial charge in [-0.25, -0.2) is 23.8 Å². The van der Waals surface area contributed by atoms with E-state index in [1.165, 1.54) is 36.7 Å². The Bertz CT molecular complexity index is 933. The SMILES string of the molecule is C[C@]1(O)CCCN(S(=O)(=O)c2ccc(OCc3nnn[nH]3)cc2)[C@@H]1OC(=O)NO. The number of hydrogen-bond donors (Lipinski definition) is 4. The first-order valence-corrected chi connectivity index (χ1v) is 9.98. The van der Waals surface area contributed by atoms with Gasteiger partial charge in [-0.15, -0.1) is 5.10 Å². The topological polar surface area (TPSA) is 180 Å². The maximum Gasteiger partial charge on any atom is 0.432 e. The monoisotopic (exact) mass is 428 g/mol. The number of nitrogens with one attached hydrogen (secondary N) is 2. The van der Waals surface area contributed by atoms with Crippen LogP contribution >= 0.6 is 0 Å². The van der Waals surface area contributed by atoms with Crippen LogP contribution < -0.4 is 10.2 Å². The predicted molar refractivity (Wildman–Crippen MR) is 93.9 cm³/mol. The van der Waals surface area contributed by atoms with E-state index >= 15 is 0 Å². The van der Waals surface area contributed by atoms with Gasteiger partial charge in [-0.3, -0.25) is 5.21 Å². The first kappa shape index (κ1) is 20.9. The van der Waals surface area contributed by atoms with Crippen molar-refractivity contribution < 1.29 is 33.0 Å². The quantitative estimate of drug-likeness (QED) is 0.354. The van der Waals surface area contributed by atoms with E-state index in [0.29, 0.717) is 18.0 Å². The summed E-state index contributed by atoms with van der Waals surface area (Å²) in [5.41, 5.74) is -0.365. The van der Waals surface area contributed by atoms with Crippen LogP contribution in [0.1, 0.15) is 25.6 Å². The van der Waals surface area contributed by atoms with Gasteiger partial charge in [0, 0.05) is 6.54 Å². The predicted octanol–water partition coefficient (Wildman–Crippen LogP) is -0.244. The second-order valence-electron chi connectivity index (χ2n) is 6.55. The zero-order valence-corrected chi connectivity index (χ0v) is 16.2. The largest absolute Gasteiger partial charge is 0.486 e. The van der Waals surface area contributed by atoms with Gasteiger partial charge in [-0.05, 0) is 54.5 Å². The van der Waals surface area contributed by atoms with Crippen molar-refractivity contribution in [2.45, 2.75) is 43.1 Å². The Morgan fingerprint density at radius 1 is 1.41 bits per heavy atom. The van der Waals surface area contributed by atoms with Crippen LogP contribution in [0.2, 0.25) is 0 Å². The normalized spacial score (nSPS) is 22.8. The van der Waals surface area contributed by atoms with Crippen LogP contribution in [-0.4, -0.2) is 68.1 Å². The Morgan fingerprint density at radius 3 is 2.76 bits per heavy atom. The third-order valence-electron chi connectivity index (χ3n) is 4.36. The van der Waals surface area contributed by atoms with Crippen LogP contribution in [0.5, 0.6) is 5.75 Å². The number of carbonyl (C=O) groups excluding carboxylic acids is 1. The number of hydroxylamine groups is 1. The lowest BCUT2D eigenvalue weighted by Crippen LogP contribution is -2.59. The van der Waals surface area contributed by atoms with E-state index < -0.39 is 27.9 Å². The van der Waals surface area contributed by atoms with Gasteiger partial charge in [-0.2, -0.15) is 4.31 Å². The number of ether oxygens (including phenoxy) is 2. The molecule has 1 aliphatic rings. The summed E-state index contributed by atoms with van der Waals surface area (Å²) >= 11 is 0. The Kier molecular flexibility index (Phi) is 5.97. The highest BCUT2D eigenvalue weighted by Gasteiger charge is 2.47. The van der Waals surface area contributed by atoms with Crippen molar-refractivity contribution in [2.75, 3.05) is 6.54 Å². The van der Waals surface area contributed by atoms with Gasteiger partial charge < -0.3 is 14.6 Å². The number of carbonyl (C=O) groups is 1. The average Bonchev–Trinajstić information content (AvgIpc) is 3.21. The van der Waals surface area contributed by atoms with E-state index in [4.69, 9.17) is 14.7 Å². The molecule has 1 amide bonds. The molecule has 4 N–H and O–H groups in total. The number of amides is 1. The number of nitrogens with zero attached hydrogens (tertiary/aromatic N) is 4. The molecule has 2 aromatic rings. The number of H-pyrrole nitrogens is 1. The van der Waals surface area contributed by atoms with E-state index in [1.807, 2.05) is 0 Å². The molecule has 13 nitrogen and oxygen atoms in total. The Labute approximate surface area is 165 Å². The summed E-state index contributed by atoms with van der Waals surface area (Å²) in [5, 5.41) is 32.3. The van der Waals surface area contributed by atoms with Crippen molar-refractivity contribution in [3.05, 3.63) is 30.1 Å². The van der Waals surface area contributed by atoms with Crippen molar-refractivity contribution in [2.24, 2.45) is 0 Å². The van der Waals surface area contributed by atoms with Crippen LogP contribution in [0.15, 0.2) is 29.2 Å². The van der Waals surface area contributed by atoms with Gasteiger partial charge in [0.05, 0.1) is 4.90 Å². The van der Waals surface area contributed by atoms with Crippen molar-refractivity contribution in [3.63, 3.8) is 0 Å². The zero-order valence-electron chi connectivity index (χ0n) is 15.3. The van der Waals surface area contributed by atoms with E-state index in [1.54, 1.807) is 0 Å². The second-order valence-corrected chi connectivity index (χ2v) is 8.44. The lowest BCUT2D eigenvalue weighted by atomic mass is 9.94. The molecular formula is C15H20N6O7S. The van der Waals surface area contributed by atoms with Crippen molar-refractivity contribution in [3.8, 4) is 5.75 Å². The fourth-order valence-corrected chi connectivity index (χ4v) is 4.58. The summed E-state index contributed by atoms with van der Waals surface area (Å²) in [6.07, 6.45) is -2.21. The van der Waals surface area contributed by atoms with E-state index in [2.05, 4.69) is 20.6 Å². The summed E-state index contributed by atoms with van der Waals surface area (Å²) in [5.74, 6) is 0.790. The number of aliphatic hydroxyl groups is 1. The smallest absolute Gasteiger partial charge is 0.432 e. The van der Waals surface area contributed by atoms with Crippen LogP contribution in [0.25, 0.3) is 0 Å². The molecule has 1 aromatic heterocycles. The summed E-state index contributed by atoms with van der Waals surface area (Å²) in [4.78, 5) is 11.4. The fourth-order valence-electron chi connectivity index (χ4n) is 2.94. The summed E-state index contributed by atoms with van der Waals surface area (Å²) < 4.78 is 37.4. The number of rotatable bonds is 6. The summed E-state index contributed by atoms with van der Waals surface area (Å²) in [6.45, 7) is 1.46. The van der Waals surface area contributed by atoms with E-state index in [0.717, 1.165) is 4.31 Å². The van der Waals surface area contributed by atoms with Crippen LogP contribution in [0.3, 0.4) is 0 Å². The maximum atomic E-state index is 13.1. The lowest BCUT2D eigenvalue weighted by Gasteiger charge is -2.42. The second kappa shape index (κ2) is 8.28. The molecule has 1 fully saturated rings. The standard InChI is InChI=1S/C15H20N6O7S/c1-15(23)7-2-8-21(13(15)28-14(22)18-24)29(25,26)11-5-3-10(4-6-11)27-9-12-16-19-20-17-12/h3-6,13,23-24H,2,7-9H2,1H3,(H,18,22)(H,16,17,19,20)/t13-,15+/m1/s1. The first-order chi connectivity index (χ1) is 13.7. The van der Waals surface area contributed by atoms with Crippen molar-refractivity contribution in [1.29, 1.82) is 0 Å². The molecule has 14 heteroatoms. The Hall–Kier alpha value is -2.81. The number of sulfonamides is 1. The minimum absolute atomic E-state index is 0.0264. The highest BCUT2D eigenvalue weighted by molar-refractivity contribution is 7.89. The third kappa shape index (κ3) is 4.61. The van der Waals surface area contributed by atoms with Crippen LogP contribution in [0.4, 0.5) is 4.79 Å². The first-order valence-electron chi connectivity index (χ1n) is 8.54. The van der Waals surface area contributed by atoms with Crippen molar-refractivity contribution in [1.82, 2.24) is 30.4 Å². The zero-order chi connectivity index (χ0) is 21.1. The average molecular weight is 428 g/mol. The number of tetrazole rings is 1. The molecule has 1 saturated heterocycles. The number of aromatic amines is 1. The van der Waals surface area contributed by atoms with E-state index in [9.17, 15) is 18.3 Å². The highest BCUT2D eigenvalue weighted by atomic mass is 32.2. The Balaban J connectivity index is 1.79. The lowest BCUT2D eigenvalue weighted by molar-refractivity contribution is -0.141. The van der Waals surface area contributed by atoms with E-state index in [-0.39, 0.29) is 24.5 Å². The van der Waals surface area contributed by atoms with Crippen LogP contribution in [-0.2, 0) is 21.4 Å². The number of aromatic nitrogens is 4. The number of benzene rings is 1. The van der Waals surface area contributed by atoms with Gasteiger partial charge in [0.1, 0.15) is 18.0 Å². The molecule has 2 atom stereocenters. The molecule has 1 aliphatic heterocycles. The molecular weight excluding hydrogens is 408 g/mol. The number of piperidine rings is 1. The third-order valence-corrected chi connectivity index (χ3v) is 6.22. The van der Waals surface area contributed by atoms with Gasteiger partial charge in [0.15, 0.2) is 12.1 Å². The van der Waals surface area contributed by atoms with Gasteiger partial charge in [0.2, 0.25) is 10.0 Å². The molecule has 2 heterocycles. The molecule has 29 heavy (non-hydrogen) atoms. The van der Waals surface area contributed by atoms with Gasteiger partial charge in [-0.1, -0.05) is 0 Å². The molecule has 0 aliphatic carbocycles. The minimum Gasteiger partial charge on any atom is -0.486 e. The number of hydrogen-bond acceptors (Lipinski definition) is 10. The maximum absolute atomic E-state index is 13.1. The van der Waals surface area contributed by atoms with Gasteiger partial charge >= 0.3 is 6.09 Å². The summed E-state index contributed by atoms with van der Waals surface area (Å²) in [6, 6.07) is 5.57. The van der Waals surface area contributed by atoms with Gasteiger partial charge in [0.25, 0.3) is 0 Å². The minimum atomic E-state index is -4.12.